The van der Waals surface area contributed by atoms with Crippen LogP contribution in [0.2, 0.25) is 0 Å². The van der Waals surface area contributed by atoms with E-state index in [2.05, 4.69) is 12.6 Å². The number of likely N-dealkylation sites (tertiary alicyclic amines) is 1. The summed E-state index contributed by atoms with van der Waals surface area (Å²) in [7, 11) is 0. The molecule has 0 N–H and O–H groups in total. The van der Waals surface area contributed by atoms with Gasteiger partial charge in [-0.25, -0.2) is 4.39 Å². The van der Waals surface area contributed by atoms with Gasteiger partial charge >= 0.3 is 0 Å². The molecule has 1 heterocycles. The molecule has 0 bridgehead atoms. The Morgan fingerprint density at radius 2 is 1.95 bits per heavy atom. The fourth-order valence-corrected chi connectivity index (χ4v) is 3.84. The fourth-order valence-electron chi connectivity index (χ4n) is 3.63. The van der Waals surface area contributed by atoms with E-state index < -0.39 is 5.82 Å². The maximum atomic E-state index is 13.8. The zero-order valence-corrected chi connectivity index (χ0v) is 12.4. The second-order valence-electron chi connectivity index (χ2n) is 6.01. The molecular formula is C16H20FNOS. The minimum absolute atomic E-state index is 0.159. The molecule has 1 saturated carbocycles. The van der Waals surface area contributed by atoms with Crippen LogP contribution in [-0.2, 0) is 0 Å². The van der Waals surface area contributed by atoms with Crippen LogP contribution >= 0.6 is 12.6 Å². The average Bonchev–Trinajstić information content (AvgIpc) is 2.48. The van der Waals surface area contributed by atoms with Gasteiger partial charge in [0.1, 0.15) is 5.82 Å². The van der Waals surface area contributed by atoms with Gasteiger partial charge in [-0.3, -0.25) is 4.79 Å². The Morgan fingerprint density at radius 1 is 1.20 bits per heavy atom. The summed E-state index contributed by atoms with van der Waals surface area (Å²) in [6, 6.07) is 4.43. The van der Waals surface area contributed by atoms with Crippen molar-refractivity contribution in [3.8, 4) is 0 Å². The smallest absolute Gasteiger partial charge is 0.256 e. The Morgan fingerprint density at radius 3 is 2.75 bits per heavy atom. The van der Waals surface area contributed by atoms with Crippen LogP contribution in [0.15, 0.2) is 23.1 Å². The van der Waals surface area contributed by atoms with Gasteiger partial charge in [-0.2, -0.15) is 0 Å². The molecule has 1 aliphatic heterocycles. The van der Waals surface area contributed by atoms with Gasteiger partial charge in [0.2, 0.25) is 0 Å². The first-order valence-corrected chi connectivity index (χ1v) is 7.87. The molecule has 20 heavy (non-hydrogen) atoms. The van der Waals surface area contributed by atoms with Crippen molar-refractivity contribution in [2.24, 2.45) is 11.8 Å². The molecule has 1 aromatic carbocycles. The zero-order valence-electron chi connectivity index (χ0n) is 11.5. The van der Waals surface area contributed by atoms with Crippen molar-refractivity contribution in [2.45, 2.75) is 37.0 Å². The maximum Gasteiger partial charge on any atom is 0.256 e. The highest BCUT2D eigenvalue weighted by molar-refractivity contribution is 7.80. The van der Waals surface area contributed by atoms with Gasteiger partial charge in [0.05, 0.1) is 5.56 Å². The summed E-state index contributed by atoms with van der Waals surface area (Å²) < 4.78 is 13.8. The zero-order chi connectivity index (χ0) is 14.1. The standard InChI is InChI=1S/C16H20FNOS/c17-15-6-5-13(20)9-14(15)16(19)18-8-7-11-3-1-2-4-12(11)10-18/h5-6,9,11-12,20H,1-4,7-8,10H2. The molecule has 2 nitrogen and oxygen atoms in total. The SMILES string of the molecule is O=C(c1cc(S)ccc1F)N1CCC2CCCCC2C1. The third kappa shape index (κ3) is 2.71. The summed E-state index contributed by atoms with van der Waals surface area (Å²) in [4.78, 5) is 15.0. The predicted molar refractivity (Wildman–Crippen MR) is 79.6 cm³/mol. The quantitative estimate of drug-likeness (QED) is 0.782. The van der Waals surface area contributed by atoms with E-state index in [0.717, 1.165) is 25.4 Å². The van der Waals surface area contributed by atoms with Gasteiger partial charge in [-0.05, 0) is 42.9 Å². The highest BCUT2D eigenvalue weighted by Crippen LogP contribution is 2.36. The molecule has 2 fully saturated rings. The van der Waals surface area contributed by atoms with Crippen LogP contribution in [0, 0.1) is 17.7 Å². The molecule has 1 saturated heterocycles. The highest BCUT2D eigenvalue weighted by Gasteiger charge is 2.33. The van der Waals surface area contributed by atoms with Crippen molar-refractivity contribution in [3.05, 3.63) is 29.6 Å². The van der Waals surface area contributed by atoms with Gasteiger partial charge < -0.3 is 4.90 Å². The van der Waals surface area contributed by atoms with Crippen LogP contribution in [0.1, 0.15) is 42.5 Å². The van der Waals surface area contributed by atoms with Gasteiger partial charge in [-0.15, -0.1) is 12.6 Å². The Balaban J connectivity index is 1.76. The van der Waals surface area contributed by atoms with E-state index in [0.29, 0.717) is 10.8 Å². The molecule has 2 aliphatic rings. The first kappa shape index (κ1) is 13.9. The topological polar surface area (TPSA) is 20.3 Å². The molecule has 2 atom stereocenters. The highest BCUT2D eigenvalue weighted by atomic mass is 32.1. The van der Waals surface area contributed by atoms with E-state index in [1.165, 1.54) is 37.8 Å². The number of nitrogens with zero attached hydrogens (tertiary/aromatic N) is 1. The fraction of sp³-hybridized carbons (Fsp3) is 0.562. The first-order valence-electron chi connectivity index (χ1n) is 7.43. The molecule has 0 radical (unpaired) electrons. The van der Waals surface area contributed by atoms with Gasteiger partial charge in [-0.1, -0.05) is 19.3 Å². The number of rotatable bonds is 1. The lowest BCUT2D eigenvalue weighted by Gasteiger charge is -2.41. The Kier molecular flexibility index (Phi) is 4.01. The summed E-state index contributed by atoms with van der Waals surface area (Å²) in [5.74, 6) is 0.763. The van der Waals surface area contributed by atoms with Crippen molar-refractivity contribution in [1.29, 1.82) is 0 Å². The predicted octanol–water partition coefficient (Wildman–Crippen LogP) is 3.77. The summed E-state index contributed by atoms with van der Waals surface area (Å²) in [6.45, 7) is 1.55. The average molecular weight is 293 g/mol. The number of hydrogen-bond donors (Lipinski definition) is 1. The lowest BCUT2D eigenvalue weighted by Crippen LogP contribution is -2.45. The number of carbonyl (C=O) groups is 1. The van der Waals surface area contributed by atoms with Crippen molar-refractivity contribution >= 4 is 18.5 Å². The molecule has 3 rings (SSSR count). The normalized spacial score (nSPS) is 26.2. The number of carbonyl (C=O) groups excluding carboxylic acids is 1. The van der Waals surface area contributed by atoms with E-state index in [-0.39, 0.29) is 11.5 Å². The van der Waals surface area contributed by atoms with Gasteiger partial charge in [0, 0.05) is 18.0 Å². The second kappa shape index (κ2) is 5.76. The van der Waals surface area contributed by atoms with Crippen LogP contribution in [0.4, 0.5) is 4.39 Å². The van der Waals surface area contributed by atoms with Crippen LogP contribution in [0.25, 0.3) is 0 Å². The minimum atomic E-state index is -0.446. The van der Waals surface area contributed by atoms with E-state index in [1.54, 1.807) is 6.07 Å². The van der Waals surface area contributed by atoms with E-state index >= 15 is 0 Å². The van der Waals surface area contributed by atoms with Crippen molar-refractivity contribution < 1.29 is 9.18 Å². The molecule has 2 unspecified atom stereocenters. The van der Waals surface area contributed by atoms with Crippen molar-refractivity contribution in [1.82, 2.24) is 4.90 Å². The minimum Gasteiger partial charge on any atom is -0.338 e. The summed E-state index contributed by atoms with van der Waals surface area (Å²) in [5, 5.41) is 0. The van der Waals surface area contributed by atoms with E-state index in [1.807, 2.05) is 4.90 Å². The largest absolute Gasteiger partial charge is 0.338 e. The number of amides is 1. The number of halogens is 1. The first-order chi connectivity index (χ1) is 9.65. The van der Waals surface area contributed by atoms with Crippen LogP contribution < -0.4 is 0 Å². The van der Waals surface area contributed by atoms with E-state index in [9.17, 15) is 9.18 Å². The molecule has 1 amide bonds. The second-order valence-corrected chi connectivity index (χ2v) is 6.53. The van der Waals surface area contributed by atoms with Crippen LogP contribution in [-0.4, -0.2) is 23.9 Å². The molecule has 0 aromatic heterocycles. The Labute approximate surface area is 124 Å². The molecular weight excluding hydrogens is 273 g/mol. The number of thiol groups is 1. The maximum absolute atomic E-state index is 13.8. The molecule has 0 spiro atoms. The number of fused-ring (bicyclic) bond motifs is 1. The lowest BCUT2D eigenvalue weighted by molar-refractivity contribution is 0.0516. The number of piperidine rings is 1. The van der Waals surface area contributed by atoms with Gasteiger partial charge in [0.15, 0.2) is 0 Å². The number of hydrogen-bond acceptors (Lipinski definition) is 2. The van der Waals surface area contributed by atoms with E-state index in [4.69, 9.17) is 0 Å². The lowest BCUT2D eigenvalue weighted by atomic mass is 9.75. The van der Waals surface area contributed by atoms with Crippen LogP contribution in [0.3, 0.4) is 0 Å². The molecule has 1 aromatic rings. The Hall–Kier alpha value is -1.03. The molecule has 4 heteroatoms. The summed E-state index contributed by atoms with van der Waals surface area (Å²) in [6.07, 6.45) is 6.17. The molecule has 108 valence electrons. The Bertz CT molecular complexity index is 519. The van der Waals surface area contributed by atoms with Crippen molar-refractivity contribution in [3.63, 3.8) is 0 Å². The number of benzene rings is 1. The summed E-state index contributed by atoms with van der Waals surface area (Å²) >= 11 is 4.20. The third-order valence-electron chi connectivity index (χ3n) is 4.76. The van der Waals surface area contributed by atoms with Crippen LogP contribution in [0.5, 0.6) is 0 Å². The summed E-state index contributed by atoms with van der Waals surface area (Å²) in [5.41, 5.74) is 0.159. The molecule has 1 aliphatic carbocycles. The van der Waals surface area contributed by atoms with Crippen molar-refractivity contribution in [2.75, 3.05) is 13.1 Å². The third-order valence-corrected chi connectivity index (χ3v) is 5.04. The van der Waals surface area contributed by atoms with Gasteiger partial charge in [0.25, 0.3) is 5.91 Å². The monoisotopic (exact) mass is 293 g/mol.